The van der Waals surface area contributed by atoms with Gasteiger partial charge in [-0.15, -0.1) is 11.8 Å². The number of rotatable bonds is 7. The van der Waals surface area contributed by atoms with Gasteiger partial charge in [0.1, 0.15) is 11.7 Å². The third kappa shape index (κ3) is 6.34. The second-order valence-corrected chi connectivity index (χ2v) is 9.36. The molecular weight excluding hydrogens is 469 g/mol. The first-order chi connectivity index (χ1) is 16.1. The second kappa shape index (κ2) is 11.0. The molecule has 0 spiro atoms. The number of nitrogens with zero attached hydrogens (tertiary/aromatic N) is 3. The van der Waals surface area contributed by atoms with E-state index in [4.69, 9.17) is 0 Å². The molecule has 1 aromatic heterocycles. The van der Waals surface area contributed by atoms with Gasteiger partial charge < -0.3 is 0 Å². The maximum absolute atomic E-state index is 13.6. The lowest BCUT2D eigenvalue weighted by Crippen LogP contribution is -2.11. The fourth-order valence-electron chi connectivity index (χ4n) is 3.35. The molecule has 0 saturated carbocycles. The second-order valence-electron chi connectivity index (χ2n) is 7.71. The zero-order valence-corrected chi connectivity index (χ0v) is 19.7. The zero-order chi connectivity index (χ0) is 24.9. The van der Waals surface area contributed by atoms with E-state index < -0.39 is 23.9 Å². The Kier molecular flexibility index (Phi) is 8.30. The summed E-state index contributed by atoms with van der Waals surface area (Å²) in [5, 5.41) is 0.434. The third-order valence-corrected chi connectivity index (χ3v) is 5.80. The molecule has 34 heavy (non-hydrogen) atoms. The Morgan fingerprint density at radius 3 is 2.50 bits per heavy atom. The average Bonchev–Trinajstić information content (AvgIpc) is 3.22. The van der Waals surface area contributed by atoms with Crippen molar-refractivity contribution in [1.29, 1.82) is 0 Å². The van der Waals surface area contributed by atoms with Gasteiger partial charge in [-0.2, -0.15) is 13.2 Å². The normalized spacial score (nSPS) is 12.9. The van der Waals surface area contributed by atoms with Crippen molar-refractivity contribution in [2.75, 3.05) is 7.05 Å². The number of aliphatic imine (C=N–C) groups is 1. The van der Waals surface area contributed by atoms with Crippen molar-refractivity contribution in [3.63, 3.8) is 0 Å². The Balaban J connectivity index is 1.97. The highest BCUT2D eigenvalue weighted by molar-refractivity contribution is 7.99. The molecule has 180 valence electrons. The van der Waals surface area contributed by atoms with Crippen molar-refractivity contribution < 1.29 is 22.0 Å². The summed E-state index contributed by atoms with van der Waals surface area (Å²) in [4.78, 5) is 8.88. The van der Waals surface area contributed by atoms with Crippen molar-refractivity contribution >= 4 is 17.6 Å². The Labute approximate surface area is 199 Å². The van der Waals surface area contributed by atoms with Crippen LogP contribution in [0, 0.1) is 0 Å². The van der Waals surface area contributed by atoms with Gasteiger partial charge >= 0.3 is 6.18 Å². The van der Waals surface area contributed by atoms with E-state index in [0.717, 1.165) is 21.2 Å². The molecule has 0 radical (unpaired) electrons. The van der Waals surface area contributed by atoms with E-state index in [0.29, 0.717) is 11.7 Å². The maximum Gasteiger partial charge on any atom is 0.434 e. The number of imidazole rings is 1. The number of benzene rings is 2. The first-order valence-corrected chi connectivity index (χ1v) is 11.4. The summed E-state index contributed by atoms with van der Waals surface area (Å²) in [6, 6.07) is 13.4. The van der Waals surface area contributed by atoms with Crippen LogP contribution in [0.2, 0.25) is 0 Å². The summed E-state index contributed by atoms with van der Waals surface area (Å²) in [5.41, 5.74) is -0.635. The number of allylic oxidation sites excluding steroid dienone is 2. The van der Waals surface area contributed by atoms with Gasteiger partial charge in [-0.1, -0.05) is 56.3 Å². The molecule has 0 unspecified atom stereocenters. The molecule has 0 fully saturated rings. The molecule has 0 atom stereocenters. The lowest BCUT2D eigenvalue weighted by atomic mass is 10.1. The molecule has 0 aliphatic rings. The van der Waals surface area contributed by atoms with E-state index in [9.17, 15) is 22.0 Å². The smallest absolute Gasteiger partial charge is 0.284 e. The minimum Gasteiger partial charge on any atom is -0.284 e. The molecule has 3 rings (SSSR count). The SMILES string of the molecule is CN=C(/C=C\Cc1cccc(SC(C)C)c1)n1cc(C(F)(F)F)nc1-c1ccccc1C(F)F. The lowest BCUT2D eigenvalue weighted by molar-refractivity contribution is -0.140. The van der Waals surface area contributed by atoms with Gasteiger partial charge in [0.2, 0.25) is 0 Å². The maximum atomic E-state index is 13.6. The first kappa shape index (κ1) is 25.7. The summed E-state index contributed by atoms with van der Waals surface area (Å²) in [6.45, 7) is 4.21. The monoisotopic (exact) mass is 493 g/mol. The van der Waals surface area contributed by atoms with E-state index >= 15 is 0 Å². The van der Waals surface area contributed by atoms with Crippen LogP contribution in [0.15, 0.2) is 76.8 Å². The number of halogens is 5. The van der Waals surface area contributed by atoms with Crippen molar-refractivity contribution in [1.82, 2.24) is 9.55 Å². The van der Waals surface area contributed by atoms with Gasteiger partial charge in [0.05, 0.1) is 0 Å². The van der Waals surface area contributed by atoms with Crippen molar-refractivity contribution in [3.8, 4) is 11.4 Å². The fraction of sp³-hybridized carbons (Fsp3) is 0.280. The van der Waals surface area contributed by atoms with Gasteiger partial charge in [-0.25, -0.2) is 13.8 Å². The van der Waals surface area contributed by atoms with Crippen LogP contribution in [0.1, 0.15) is 37.1 Å². The third-order valence-electron chi connectivity index (χ3n) is 4.80. The van der Waals surface area contributed by atoms with E-state index in [1.54, 1.807) is 23.9 Å². The number of alkyl halides is 5. The average molecular weight is 494 g/mol. The van der Waals surface area contributed by atoms with Crippen LogP contribution < -0.4 is 0 Å². The van der Waals surface area contributed by atoms with Crippen molar-refractivity contribution in [3.05, 3.63) is 83.7 Å². The Morgan fingerprint density at radius 1 is 1.12 bits per heavy atom. The Bertz CT molecular complexity index is 1180. The van der Waals surface area contributed by atoms with E-state index in [2.05, 4.69) is 29.9 Å². The van der Waals surface area contributed by atoms with E-state index in [1.165, 1.54) is 31.3 Å². The number of hydrogen-bond donors (Lipinski definition) is 0. The lowest BCUT2D eigenvalue weighted by Gasteiger charge is -2.11. The Hall–Kier alpha value is -2.94. The summed E-state index contributed by atoms with van der Waals surface area (Å²) in [5.74, 6) is -0.0985. The van der Waals surface area contributed by atoms with Crippen LogP contribution in [0.5, 0.6) is 0 Å². The molecule has 0 bridgehead atoms. The van der Waals surface area contributed by atoms with Crippen LogP contribution in [0.4, 0.5) is 22.0 Å². The molecule has 3 aromatic rings. The highest BCUT2D eigenvalue weighted by Gasteiger charge is 2.36. The summed E-state index contributed by atoms with van der Waals surface area (Å²) < 4.78 is 68.6. The van der Waals surface area contributed by atoms with Gasteiger partial charge in [0, 0.05) is 34.5 Å². The van der Waals surface area contributed by atoms with E-state index in [1.807, 2.05) is 18.2 Å². The van der Waals surface area contributed by atoms with Gasteiger partial charge in [0.25, 0.3) is 6.43 Å². The molecule has 2 aromatic carbocycles. The van der Waals surface area contributed by atoms with Crippen molar-refractivity contribution in [2.45, 2.75) is 43.0 Å². The predicted molar refractivity (Wildman–Crippen MR) is 127 cm³/mol. The summed E-state index contributed by atoms with van der Waals surface area (Å²) >= 11 is 1.73. The Morgan fingerprint density at radius 2 is 1.85 bits per heavy atom. The highest BCUT2D eigenvalue weighted by Crippen LogP contribution is 2.35. The number of hydrogen-bond acceptors (Lipinski definition) is 3. The molecule has 3 nitrogen and oxygen atoms in total. The minimum atomic E-state index is -4.74. The topological polar surface area (TPSA) is 30.2 Å². The zero-order valence-electron chi connectivity index (χ0n) is 18.9. The quantitative estimate of drug-likeness (QED) is 0.146. The first-order valence-electron chi connectivity index (χ1n) is 10.5. The number of thioether (sulfide) groups is 1. The minimum absolute atomic E-state index is 0.0824. The molecule has 0 aliphatic heterocycles. The molecule has 1 heterocycles. The predicted octanol–water partition coefficient (Wildman–Crippen LogP) is 7.68. The van der Waals surface area contributed by atoms with Gasteiger partial charge in [-0.3, -0.25) is 9.56 Å². The molecule has 0 saturated heterocycles. The number of aromatic nitrogens is 2. The van der Waals surface area contributed by atoms with Crippen LogP contribution in [0.25, 0.3) is 11.4 Å². The molecule has 0 aliphatic carbocycles. The highest BCUT2D eigenvalue weighted by atomic mass is 32.2. The van der Waals surface area contributed by atoms with Gasteiger partial charge in [0.15, 0.2) is 5.69 Å². The molecule has 0 N–H and O–H groups in total. The van der Waals surface area contributed by atoms with Crippen LogP contribution in [-0.4, -0.2) is 27.7 Å². The molecule has 9 heteroatoms. The van der Waals surface area contributed by atoms with Crippen molar-refractivity contribution in [2.24, 2.45) is 4.99 Å². The van der Waals surface area contributed by atoms with Crippen LogP contribution in [0.3, 0.4) is 0 Å². The summed E-state index contributed by atoms with van der Waals surface area (Å²) in [7, 11) is 1.43. The largest absolute Gasteiger partial charge is 0.434 e. The molecule has 0 amide bonds. The summed E-state index contributed by atoms with van der Waals surface area (Å²) in [6.07, 6.45) is -2.96. The van der Waals surface area contributed by atoms with Gasteiger partial charge in [-0.05, 0) is 30.2 Å². The van der Waals surface area contributed by atoms with Crippen LogP contribution >= 0.6 is 11.8 Å². The molecular formula is C25H24F5N3S. The van der Waals surface area contributed by atoms with E-state index in [-0.39, 0.29) is 17.2 Å². The van der Waals surface area contributed by atoms with Crippen LogP contribution in [-0.2, 0) is 12.6 Å². The fourth-order valence-corrected chi connectivity index (χ4v) is 4.27. The standard InChI is InChI=1S/C25H24F5N3S/c1-16(2)34-18-10-6-8-17(14-18)9-7-13-22(31-3)33-15-21(25(28,29)30)32-24(33)20-12-5-4-11-19(20)23(26)27/h4-8,10-16,23H,9H2,1-3H3/b13-7-,31-22?.